The minimum atomic E-state index is -4.92. The molecule has 0 aromatic rings. The number of Topliss-reactive ketones (excluding diaryl/α,β-unsaturated/α-hetero) is 1. The summed E-state index contributed by atoms with van der Waals surface area (Å²) in [7, 11) is -4.92. The van der Waals surface area contributed by atoms with Gasteiger partial charge in [0.2, 0.25) is 0 Å². The molecule has 8 nitrogen and oxygen atoms in total. The van der Waals surface area contributed by atoms with Gasteiger partial charge in [0.1, 0.15) is 17.9 Å². The number of hydrogen-bond donors (Lipinski definition) is 4. The van der Waals surface area contributed by atoms with Gasteiger partial charge in [-0.2, -0.15) is 0 Å². The number of carbonyl (C=O) groups excluding carboxylic acids is 2. The molecule has 4 rings (SSSR count). The van der Waals surface area contributed by atoms with E-state index in [4.69, 9.17) is 9.79 Å². The van der Waals surface area contributed by atoms with E-state index in [1.165, 1.54) is 6.08 Å². The minimum absolute atomic E-state index is 0.0332. The fourth-order valence-corrected chi connectivity index (χ4v) is 8.04. The molecule has 0 amide bonds. The van der Waals surface area contributed by atoms with Gasteiger partial charge in [-0.1, -0.05) is 26.3 Å². The number of carbonyl (C=O) groups is 2. The van der Waals surface area contributed by atoms with Gasteiger partial charge in [-0.3, -0.25) is 14.1 Å². The predicted octanol–water partition coefficient (Wildman–Crippen LogP) is 2.24. The van der Waals surface area contributed by atoms with E-state index in [2.05, 4.69) is 4.52 Å². The SMILES string of the molecule is CC1CC2C3CCC4=CC(=O)CC[C@]4(C)C3(F)C(O)C[C@]2(C)[C@@]1(O)C(=O)COP(=O)(O)O. The van der Waals surface area contributed by atoms with Crippen LogP contribution in [0.5, 0.6) is 0 Å². The third-order valence-electron chi connectivity index (χ3n) is 9.41. The Morgan fingerprint density at radius 2 is 1.94 bits per heavy atom. The lowest BCUT2D eigenvalue weighted by Crippen LogP contribution is -2.69. The van der Waals surface area contributed by atoms with E-state index in [-0.39, 0.29) is 18.6 Å². The van der Waals surface area contributed by atoms with E-state index < -0.39 is 66.2 Å². The zero-order valence-corrected chi connectivity index (χ0v) is 19.5. The fraction of sp³-hybridized carbons (Fsp3) is 0.818. The van der Waals surface area contributed by atoms with E-state index in [1.54, 1.807) is 20.8 Å². The van der Waals surface area contributed by atoms with Crippen molar-refractivity contribution < 1.29 is 43.1 Å². The van der Waals surface area contributed by atoms with Gasteiger partial charge in [-0.25, -0.2) is 8.96 Å². The van der Waals surface area contributed by atoms with Crippen LogP contribution in [0.3, 0.4) is 0 Å². The first kappa shape index (κ1) is 24.2. The summed E-state index contributed by atoms with van der Waals surface area (Å²) >= 11 is 0. The number of ketones is 2. The Labute approximate surface area is 186 Å². The van der Waals surface area contributed by atoms with E-state index in [9.17, 15) is 24.4 Å². The molecule has 0 aromatic heterocycles. The fourth-order valence-electron chi connectivity index (χ4n) is 7.75. The van der Waals surface area contributed by atoms with Crippen LogP contribution < -0.4 is 0 Å². The van der Waals surface area contributed by atoms with Crippen LogP contribution in [0.2, 0.25) is 0 Å². The highest BCUT2D eigenvalue weighted by Gasteiger charge is 2.75. The molecule has 4 aliphatic carbocycles. The molecule has 3 saturated carbocycles. The van der Waals surface area contributed by atoms with E-state index in [1.807, 2.05) is 0 Å². The molecule has 32 heavy (non-hydrogen) atoms. The molecular weight excluding hydrogens is 442 g/mol. The summed E-state index contributed by atoms with van der Waals surface area (Å²) in [4.78, 5) is 43.0. The Balaban J connectivity index is 1.73. The topological polar surface area (TPSA) is 141 Å². The molecule has 8 atom stereocenters. The number of hydrogen-bond acceptors (Lipinski definition) is 6. The van der Waals surface area contributed by atoms with Crippen molar-refractivity contribution in [1.82, 2.24) is 0 Å². The summed E-state index contributed by atoms with van der Waals surface area (Å²) in [6, 6.07) is 0. The summed E-state index contributed by atoms with van der Waals surface area (Å²) in [5.74, 6) is -2.57. The monoisotopic (exact) mass is 474 g/mol. The first-order valence-electron chi connectivity index (χ1n) is 11.2. The van der Waals surface area contributed by atoms with Crippen molar-refractivity contribution in [2.75, 3.05) is 6.61 Å². The number of phosphoric ester groups is 1. The Bertz CT molecular complexity index is 931. The second kappa shape index (κ2) is 7.27. The largest absolute Gasteiger partial charge is 0.470 e. The second-order valence-electron chi connectivity index (χ2n) is 10.7. The Morgan fingerprint density at radius 1 is 1.28 bits per heavy atom. The first-order valence-corrected chi connectivity index (χ1v) is 12.7. The molecule has 0 heterocycles. The van der Waals surface area contributed by atoms with Crippen molar-refractivity contribution in [3.63, 3.8) is 0 Å². The molecule has 0 saturated heterocycles. The highest BCUT2D eigenvalue weighted by Crippen LogP contribution is 2.71. The lowest BCUT2D eigenvalue weighted by atomic mass is 9.44. The molecule has 0 aliphatic heterocycles. The van der Waals surface area contributed by atoms with Gasteiger partial charge in [0.25, 0.3) is 0 Å². The van der Waals surface area contributed by atoms with Crippen LogP contribution in [0.25, 0.3) is 0 Å². The molecular formula is C22H32FO8P. The van der Waals surface area contributed by atoms with E-state index >= 15 is 4.39 Å². The summed E-state index contributed by atoms with van der Waals surface area (Å²) in [6.45, 7) is 4.13. The zero-order chi connectivity index (χ0) is 23.9. The molecule has 4 N–H and O–H groups in total. The Hall–Kier alpha value is -0.960. The van der Waals surface area contributed by atoms with E-state index in [0.717, 1.165) is 5.57 Å². The molecule has 4 aliphatic rings. The van der Waals surface area contributed by atoms with Gasteiger partial charge in [-0.15, -0.1) is 0 Å². The van der Waals surface area contributed by atoms with Crippen molar-refractivity contribution in [3.8, 4) is 0 Å². The van der Waals surface area contributed by atoms with Crippen molar-refractivity contribution >= 4 is 19.4 Å². The van der Waals surface area contributed by atoms with Crippen molar-refractivity contribution in [3.05, 3.63) is 11.6 Å². The number of rotatable bonds is 4. The third kappa shape index (κ3) is 3.01. The molecule has 180 valence electrons. The van der Waals surface area contributed by atoms with Crippen LogP contribution in [0, 0.1) is 28.6 Å². The van der Waals surface area contributed by atoms with Crippen molar-refractivity contribution in [1.29, 1.82) is 0 Å². The smallest absolute Gasteiger partial charge is 0.390 e. The maximum atomic E-state index is 17.1. The van der Waals surface area contributed by atoms with Gasteiger partial charge in [0.05, 0.1) is 6.10 Å². The molecule has 0 bridgehead atoms. The van der Waals surface area contributed by atoms with Crippen LogP contribution in [-0.2, 0) is 18.7 Å². The highest BCUT2D eigenvalue weighted by molar-refractivity contribution is 7.46. The number of aliphatic hydroxyl groups excluding tert-OH is 1. The lowest BCUT2D eigenvalue weighted by molar-refractivity contribution is -0.228. The molecule has 5 unspecified atom stereocenters. The maximum Gasteiger partial charge on any atom is 0.470 e. The quantitative estimate of drug-likeness (QED) is 0.455. The zero-order valence-electron chi connectivity index (χ0n) is 18.6. The normalized spacial score (nSPS) is 48.5. The van der Waals surface area contributed by atoms with Crippen LogP contribution in [0.4, 0.5) is 4.39 Å². The molecule has 0 aromatic carbocycles. The Morgan fingerprint density at radius 3 is 2.56 bits per heavy atom. The summed E-state index contributed by atoms with van der Waals surface area (Å²) in [5, 5.41) is 22.9. The van der Waals surface area contributed by atoms with Gasteiger partial charge in [-0.05, 0) is 50.0 Å². The number of alkyl halides is 1. The number of fused-ring (bicyclic) bond motifs is 5. The van der Waals surface area contributed by atoms with Crippen molar-refractivity contribution in [2.24, 2.45) is 28.6 Å². The predicted molar refractivity (Wildman–Crippen MR) is 111 cm³/mol. The van der Waals surface area contributed by atoms with Gasteiger partial charge >= 0.3 is 7.82 Å². The number of halogens is 1. The van der Waals surface area contributed by atoms with Gasteiger partial charge < -0.3 is 20.0 Å². The number of phosphoric acid groups is 1. The summed E-state index contributed by atoms with van der Waals surface area (Å²) < 4.78 is 32.5. The maximum absolute atomic E-state index is 17.1. The molecule has 0 radical (unpaired) electrons. The number of aliphatic hydroxyl groups is 2. The summed E-state index contributed by atoms with van der Waals surface area (Å²) in [6.07, 6.45) is 1.64. The number of allylic oxidation sites excluding steroid dienone is 1. The van der Waals surface area contributed by atoms with Crippen LogP contribution in [0.15, 0.2) is 11.6 Å². The van der Waals surface area contributed by atoms with Crippen LogP contribution >= 0.6 is 7.82 Å². The third-order valence-corrected chi connectivity index (χ3v) is 9.88. The first-order chi connectivity index (χ1) is 14.6. The van der Waals surface area contributed by atoms with Gasteiger partial charge in [0.15, 0.2) is 11.6 Å². The average Bonchev–Trinajstić information content (AvgIpc) is 2.89. The molecule has 0 spiro atoms. The highest BCUT2D eigenvalue weighted by atomic mass is 31.2. The van der Waals surface area contributed by atoms with Crippen LogP contribution in [0.1, 0.15) is 59.3 Å². The standard InChI is InChI=1S/C22H32FO8P/c1-12-8-16-15-5-4-13-9-14(24)6-7-19(13,2)21(15,23)17(25)10-20(16,3)22(12,27)18(26)11-31-32(28,29)30/h9,12,15-17,25,27H,4-8,10-11H2,1-3H3,(H2,28,29,30)/t12?,15?,16?,17?,19-,20-,21?,22-/m0/s1. The summed E-state index contributed by atoms with van der Waals surface area (Å²) in [5.41, 5.74) is -5.49. The minimum Gasteiger partial charge on any atom is -0.390 e. The van der Waals surface area contributed by atoms with Crippen LogP contribution in [-0.4, -0.2) is 55.5 Å². The molecule has 10 heteroatoms. The lowest BCUT2D eigenvalue weighted by Gasteiger charge is -2.63. The van der Waals surface area contributed by atoms with E-state index in [0.29, 0.717) is 25.7 Å². The van der Waals surface area contributed by atoms with Gasteiger partial charge in [0, 0.05) is 23.2 Å². The average molecular weight is 474 g/mol. The molecule has 3 fully saturated rings. The Kier molecular flexibility index (Phi) is 5.49. The van der Waals surface area contributed by atoms with Crippen molar-refractivity contribution in [2.45, 2.75) is 76.7 Å². The second-order valence-corrected chi connectivity index (χ2v) is 12.0.